The van der Waals surface area contributed by atoms with E-state index in [-0.39, 0.29) is 11.3 Å². The largest absolute Gasteiger partial charge is 0.353 e. The van der Waals surface area contributed by atoms with Crippen molar-refractivity contribution >= 4 is 5.91 Å². The summed E-state index contributed by atoms with van der Waals surface area (Å²) in [7, 11) is 0. The zero-order chi connectivity index (χ0) is 7.94. The Balaban J connectivity index is 2.85. The lowest BCUT2D eigenvalue weighted by molar-refractivity contribution is -0.126. The average Bonchev–Trinajstić information content (AvgIpc) is 1.97. The van der Waals surface area contributed by atoms with E-state index in [1.165, 1.54) is 0 Å². The molecule has 0 aliphatic carbocycles. The Bertz CT molecular complexity index is 163. The van der Waals surface area contributed by atoms with Crippen molar-refractivity contribution in [1.82, 2.24) is 5.32 Å². The molecule has 0 aromatic heterocycles. The Morgan fingerprint density at radius 2 is 1.90 bits per heavy atom. The Morgan fingerprint density at radius 3 is 2.00 bits per heavy atom. The molecule has 1 fully saturated rings. The van der Waals surface area contributed by atoms with Crippen LogP contribution in [-0.2, 0) is 4.79 Å². The molecule has 1 aliphatic heterocycles. The lowest BCUT2D eigenvalue weighted by Crippen LogP contribution is -2.27. The summed E-state index contributed by atoms with van der Waals surface area (Å²) in [5.41, 5.74) is -0.167. The van der Waals surface area contributed by atoms with Gasteiger partial charge in [0.1, 0.15) is 0 Å². The smallest absolute Gasteiger partial charge is 0.226 e. The molecule has 0 aromatic carbocycles. The van der Waals surface area contributed by atoms with Crippen molar-refractivity contribution in [2.24, 2.45) is 11.3 Å². The van der Waals surface area contributed by atoms with Crippen LogP contribution >= 0.6 is 0 Å². The van der Waals surface area contributed by atoms with Crippen LogP contribution in [0.5, 0.6) is 0 Å². The highest BCUT2D eigenvalue weighted by molar-refractivity contribution is 5.84. The molecule has 1 aliphatic rings. The maximum absolute atomic E-state index is 11.2. The van der Waals surface area contributed by atoms with Crippen LogP contribution in [0.4, 0.5) is 0 Å². The number of rotatable bonds is 0. The van der Waals surface area contributed by atoms with E-state index in [2.05, 4.69) is 19.2 Å². The van der Waals surface area contributed by atoms with Crippen LogP contribution in [0.25, 0.3) is 0 Å². The summed E-state index contributed by atoms with van der Waals surface area (Å²) in [5.74, 6) is 0.632. The van der Waals surface area contributed by atoms with Crippen LogP contribution in [0.1, 0.15) is 27.7 Å². The van der Waals surface area contributed by atoms with Crippen LogP contribution in [0.2, 0.25) is 0 Å². The van der Waals surface area contributed by atoms with E-state index in [0.717, 1.165) is 0 Å². The van der Waals surface area contributed by atoms with E-state index in [1.807, 2.05) is 13.8 Å². The molecule has 10 heavy (non-hydrogen) atoms. The van der Waals surface area contributed by atoms with Gasteiger partial charge in [-0.3, -0.25) is 4.79 Å². The van der Waals surface area contributed by atoms with Gasteiger partial charge in [-0.25, -0.2) is 0 Å². The third kappa shape index (κ3) is 0.825. The van der Waals surface area contributed by atoms with Gasteiger partial charge in [-0.1, -0.05) is 20.8 Å². The molecule has 0 bridgehead atoms. The van der Waals surface area contributed by atoms with Gasteiger partial charge in [-0.2, -0.15) is 0 Å². The zero-order valence-electron chi connectivity index (χ0n) is 7.06. The Kier molecular flexibility index (Phi) is 1.50. The lowest BCUT2D eigenvalue weighted by Gasteiger charge is -2.20. The van der Waals surface area contributed by atoms with Crippen LogP contribution < -0.4 is 5.32 Å². The van der Waals surface area contributed by atoms with Crippen LogP contribution in [0, 0.1) is 11.3 Å². The highest BCUT2D eigenvalue weighted by atomic mass is 16.2. The van der Waals surface area contributed by atoms with Gasteiger partial charge in [-0.05, 0) is 12.8 Å². The summed E-state index contributed by atoms with van der Waals surface area (Å²) in [6.07, 6.45) is 0. The van der Waals surface area contributed by atoms with Crippen LogP contribution in [0.15, 0.2) is 0 Å². The maximum atomic E-state index is 11.2. The van der Waals surface area contributed by atoms with Crippen molar-refractivity contribution in [3.63, 3.8) is 0 Å². The predicted octanol–water partition coefficient (Wildman–Crippen LogP) is 1.17. The molecule has 1 heterocycles. The summed E-state index contributed by atoms with van der Waals surface area (Å²) in [5, 5.41) is 2.92. The van der Waals surface area contributed by atoms with E-state index >= 15 is 0 Å². The highest BCUT2D eigenvalue weighted by Gasteiger charge is 2.43. The van der Waals surface area contributed by atoms with E-state index in [4.69, 9.17) is 0 Å². The summed E-state index contributed by atoms with van der Waals surface area (Å²) in [4.78, 5) is 11.2. The minimum Gasteiger partial charge on any atom is -0.353 e. The maximum Gasteiger partial charge on any atom is 0.226 e. The third-order valence-corrected chi connectivity index (χ3v) is 2.83. The first kappa shape index (κ1) is 7.58. The van der Waals surface area contributed by atoms with E-state index in [9.17, 15) is 4.79 Å². The van der Waals surface area contributed by atoms with Crippen molar-refractivity contribution < 1.29 is 4.79 Å². The fourth-order valence-corrected chi connectivity index (χ4v) is 1.35. The number of hydrogen-bond acceptors (Lipinski definition) is 1. The average molecular weight is 141 g/mol. The summed E-state index contributed by atoms with van der Waals surface area (Å²) in [6, 6.07) is 0.336. The van der Waals surface area contributed by atoms with Crippen LogP contribution in [0.3, 0.4) is 0 Å². The molecule has 2 atom stereocenters. The number of carbonyl (C=O) groups is 1. The van der Waals surface area contributed by atoms with Crippen LogP contribution in [-0.4, -0.2) is 11.9 Å². The molecule has 0 spiro atoms. The fourth-order valence-electron chi connectivity index (χ4n) is 1.35. The fraction of sp³-hybridized carbons (Fsp3) is 0.875. The van der Waals surface area contributed by atoms with Gasteiger partial charge in [-0.15, -0.1) is 0 Å². The second-order valence-corrected chi connectivity index (χ2v) is 3.77. The van der Waals surface area contributed by atoms with Gasteiger partial charge < -0.3 is 5.32 Å². The molecule has 2 heteroatoms. The standard InChI is InChI=1S/C8H15NO/c1-5-6(2)9-7(10)8(5,3)4/h5-6H,1-4H3,(H,9,10)/t5-,6+/m1/s1. The lowest BCUT2D eigenvalue weighted by atomic mass is 9.80. The van der Waals surface area contributed by atoms with Gasteiger partial charge in [0, 0.05) is 11.5 Å². The van der Waals surface area contributed by atoms with Crippen molar-refractivity contribution in [2.45, 2.75) is 33.7 Å². The molecule has 0 saturated carbocycles. The first-order valence-electron chi connectivity index (χ1n) is 3.77. The topological polar surface area (TPSA) is 29.1 Å². The van der Waals surface area contributed by atoms with Gasteiger partial charge in [0.2, 0.25) is 5.91 Å². The molecule has 58 valence electrons. The second-order valence-electron chi connectivity index (χ2n) is 3.77. The Morgan fingerprint density at radius 1 is 1.40 bits per heavy atom. The Hall–Kier alpha value is -0.530. The normalized spacial score (nSPS) is 37.8. The monoisotopic (exact) mass is 141 g/mol. The van der Waals surface area contributed by atoms with Gasteiger partial charge in [0.25, 0.3) is 0 Å². The molecule has 0 aromatic rings. The van der Waals surface area contributed by atoms with E-state index < -0.39 is 0 Å². The Labute approximate surface area is 62.0 Å². The van der Waals surface area contributed by atoms with E-state index in [0.29, 0.717) is 12.0 Å². The minimum atomic E-state index is -0.167. The molecular weight excluding hydrogens is 126 g/mol. The van der Waals surface area contributed by atoms with Gasteiger partial charge in [0.15, 0.2) is 0 Å². The van der Waals surface area contributed by atoms with Gasteiger partial charge >= 0.3 is 0 Å². The van der Waals surface area contributed by atoms with Crippen molar-refractivity contribution in [3.05, 3.63) is 0 Å². The molecule has 1 N–H and O–H groups in total. The summed E-state index contributed by atoms with van der Waals surface area (Å²) in [6.45, 7) is 8.16. The number of amides is 1. The molecule has 0 unspecified atom stereocenters. The van der Waals surface area contributed by atoms with Crippen molar-refractivity contribution in [2.75, 3.05) is 0 Å². The SMILES string of the molecule is C[C@@H]1NC(=O)C(C)(C)[C@@H]1C. The zero-order valence-corrected chi connectivity index (χ0v) is 7.06. The third-order valence-electron chi connectivity index (χ3n) is 2.83. The quantitative estimate of drug-likeness (QED) is 0.539. The first-order chi connectivity index (χ1) is 4.46. The predicted molar refractivity (Wildman–Crippen MR) is 40.5 cm³/mol. The van der Waals surface area contributed by atoms with Gasteiger partial charge in [0.05, 0.1) is 0 Å². The molecular formula is C8H15NO. The highest BCUT2D eigenvalue weighted by Crippen LogP contribution is 2.34. The number of carbonyl (C=O) groups excluding carboxylic acids is 1. The molecule has 1 rings (SSSR count). The van der Waals surface area contributed by atoms with E-state index in [1.54, 1.807) is 0 Å². The number of hydrogen-bond donors (Lipinski definition) is 1. The summed E-state index contributed by atoms with van der Waals surface area (Å²) < 4.78 is 0. The molecule has 1 amide bonds. The summed E-state index contributed by atoms with van der Waals surface area (Å²) >= 11 is 0. The second kappa shape index (κ2) is 1.97. The number of nitrogens with one attached hydrogen (secondary N) is 1. The molecule has 1 saturated heterocycles. The van der Waals surface area contributed by atoms with Crippen molar-refractivity contribution in [1.29, 1.82) is 0 Å². The first-order valence-corrected chi connectivity index (χ1v) is 3.77. The van der Waals surface area contributed by atoms with Crippen molar-refractivity contribution in [3.8, 4) is 0 Å². The molecule has 2 nitrogen and oxygen atoms in total. The minimum absolute atomic E-state index is 0.167. The molecule has 0 radical (unpaired) electrons.